The zero-order chi connectivity index (χ0) is 16.8. The number of carbonyl (C=O) groups excluding carboxylic acids is 1. The van der Waals surface area contributed by atoms with Gasteiger partial charge in [0, 0.05) is 18.8 Å². The Bertz CT molecular complexity index is 684. The van der Waals surface area contributed by atoms with E-state index in [1.807, 2.05) is 24.3 Å². The smallest absolute Gasteiger partial charge is 0.323 e. The van der Waals surface area contributed by atoms with Crippen molar-refractivity contribution < 1.29 is 9.53 Å². The highest BCUT2D eigenvalue weighted by Gasteiger charge is 2.13. The van der Waals surface area contributed by atoms with Crippen LogP contribution in [0.3, 0.4) is 0 Å². The summed E-state index contributed by atoms with van der Waals surface area (Å²) in [6, 6.07) is 7.45. The molecule has 7 nitrogen and oxygen atoms in total. The minimum absolute atomic E-state index is 0.314. The molecule has 0 radical (unpaired) electrons. The minimum atomic E-state index is -0.314. The lowest BCUT2D eigenvalue weighted by Gasteiger charge is -2.26. The first-order chi connectivity index (χ1) is 11.7. The average molecular weight is 327 g/mol. The van der Waals surface area contributed by atoms with Crippen molar-refractivity contribution in [1.29, 1.82) is 0 Å². The fourth-order valence-electron chi connectivity index (χ4n) is 2.47. The van der Waals surface area contributed by atoms with Crippen molar-refractivity contribution in [3.63, 3.8) is 0 Å². The number of nitrogens with zero attached hydrogens (tertiary/aromatic N) is 3. The van der Waals surface area contributed by atoms with Crippen molar-refractivity contribution in [3.05, 3.63) is 42.2 Å². The molecule has 2 heterocycles. The van der Waals surface area contributed by atoms with Gasteiger partial charge in [0.15, 0.2) is 0 Å². The Morgan fingerprint density at radius 3 is 2.58 bits per heavy atom. The van der Waals surface area contributed by atoms with Crippen LogP contribution in [0.15, 0.2) is 36.7 Å². The summed E-state index contributed by atoms with van der Waals surface area (Å²) in [7, 11) is 0. The lowest BCUT2D eigenvalue weighted by Crippen LogP contribution is -2.37. The normalized spacial score (nSPS) is 14.3. The van der Waals surface area contributed by atoms with E-state index in [0.29, 0.717) is 24.8 Å². The number of hydrogen-bond acceptors (Lipinski definition) is 5. The van der Waals surface area contributed by atoms with Gasteiger partial charge in [-0.15, -0.1) is 0 Å². The van der Waals surface area contributed by atoms with Crippen LogP contribution in [0.25, 0.3) is 0 Å². The molecule has 1 aromatic heterocycles. The second-order valence-corrected chi connectivity index (χ2v) is 5.50. The number of anilines is 3. The minimum Gasteiger partial charge on any atom is -0.378 e. The van der Waals surface area contributed by atoms with Crippen LogP contribution in [0, 0.1) is 0 Å². The van der Waals surface area contributed by atoms with Crippen LogP contribution in [-0.4, -0.2) is 42.3 Å². The summed E-state index contributed by atoms with van der Waals surface area (Å²) in [5, 5.41) is 5.55. The number of amides is 2. The molecular formula is C17H21N5O2. The van der Waals surface area contributed by atoms with Crippen molar-refractivity contribution in [2.45, 2.75) is 13.3 Å². The molecule has 1 aliphatic rings. The van der Waals surface area contributed by atoms with E-state index in [2.05, 4.69) is 32.4 Å². The predicted octanol–water partition coefficient (Wildman–Crippen LogP) is 2.52. The molecule has 0 saturated carbocycles. The van der Waals surface area contributed by atoms with E-state index in [4.69, 9.17) is 4.74 Å². The number of benzene rings is 1. The number of rotatable bonds is 4. The zero-order valence-electron chi connectivity index (χ0n) is 13.7. The van der Waals surface area contributed by atoms with Crippen LogP contribution in [0.1, 0.15) is 12.5 Å². The summed E-state index contributed by atoms with van der Waals surface area (Å²) >= 11 is 0. The van der Waals surface area contributed by atoms with Gasteiger partial charge in [-0.2, -0.15) is 0 Å². The van der Waals surface area contributed by atoms with Crippen molar-refractivity contribution in [3.8, 4) is 0 Å². The maximum absolute atomic E-state index is 12.1. The van der Waals surface area contributed by atoms with Crippen LogP contribution in [0.4, 0.5) is 22.1 Å². The van der Waals surface area contributed by atoms with Crippen LogP contribution >= 0.6 is 0 Å². The molecule has 0 atom stereocenters. The molecule has 0 bridgehead atoms. The fourth-order valence-corrected chi connectivity index (χ4v) is 2.47. The molecule has 24 heavy (non-hydrogen) atoms. The predicted molar refractivity (Wildman–Crippen MR) is 93.5 cm³/mol. The molecule has 1 fully saturated rings. The van der Waals surface area contributed by atoms with Gasteiger partial charge in [-0.3, -0.25) is 0 Å². The average Bonchev–Trinajstić information content (AvgIpc) is 2.63. The monoisotopic (exact) mass is 327 g/mol. The number of urea groups is 1. The molecule has 1 aliphatic heterocycles. The summed E-state index contributed by atoms with van der Waals surface area (Å²) in [6.45, 7) is 5.00. The summed E-state index contributed by atoms with van der Waals surface area (Å²) < 4.78 is 5.31. The van der Waals surface area contributed by atoms with Crippen molar-refractivity contribution in [2.24, 2.45) is 0 Å². The molecular weight excluding hydrogens is 306 g/mol. The summed E-state index contributed by atoms with van der Waals surface area (Å²) in [5.74, 6) is 0.653. The third-order valence-corrected chi connectivity index (χ3v) is 3.78. The molecule has 1 aromatic carbocycles. The Morgan fingerprint density at radius 1 is 1.17 bits per heavy atom. The van der Waals surface area contributed by atoms with Crippen LogP contribution in [0.2, 0.25) is 0 Å². The quantitative estimate of drug-likeness (QED) is 0.902. The van der Waals surface area contributed by atoms with Crippen LogP contribution in [0.5, 0.6) is 0 Å². The third kappa shape index (κ3) is 4.20. The third-order valence-electron chi connectivity index (χ3n) is 3.78. The Hall–Kier alpha value is -2.67. The van der Waals surface area contributed by atoms with Gasteiger partial charge in [0.05, 0.1) is 31.3 Å². The van der Waals surface area contributed by atoms with Gasteiger partial charge < -0.3 is 20.3 Å². The molecule has 7 heteroatoms. The van der Waals surface area contributed by atoms with E-state index < -0.39 is 0 Å². The van der Waals surface area contributed by atoms with Crippen molar-refractivity contribution in [1.82, 2.24) is 9.97 Å². The maximum atomic E-state index is 12.1. The molecule has 0 unspecified atom stereocenters. The number of morpholine rings is 1. The number of aromatic nitrogens is 2. The van der Waals surface area contributed by atoms with Gasteiger partial charge in [-0.25, -0.2) is 14.8 Å². The van der Waals surface area contributed by atoms with Gasteiger partial charge in [0.2, 0.25) is 5.95 Å². The zero-order valence-corrected chi connectivity index (χ0v) is 13.7. The Balaban J connectivity index is 1.57. The van der Waals surface area contributed by atoms with Crippen LogP contribution < -0.4 is 15.5 Å². The number of aryl methyl sites for hydroxylation is 1. The standard InChI is InChI=1S/C17H21N5O2/c1-2-13-4-3-5-14(10-13)20-17(23)21-15-11-18-16(19-12-15)22-6-8-24-9-7-22/h3-5,10-12H,2,6-9H2,1H3,(H2,20,21,23). The Morgan fingerprint density at radius 2 is 1.88 bits per heavy atom. The second kappa shape index (κ2) is 7.74. The first-order valence-corrected chi connectivity index (χ1v) is 8.06. The van der Waals surface area contributed by atoms with Gasteiger partial charge in [-0.05, 0) is 24.1 Å². The van der Waals surface area contributed by atoms with Gasteiger partial charge in [0.1, 0.15) is 0 Å². The fraction of sp³-hybridized carbons (Fsp3) is 0.353. The number of nitrogens with one attached hydrogen (secondary N) is 2. The maximum Gasteiger partial charge on any atom is 0.323 e. The molecule has 1 saturated heterocycles. The molecule has 3 rings (SSSR count). The number of hydrogen-bond donors (Lipinski definition) is 2. The summed E-state index contributed by atoms with van der Waals surface area (Å²) in [4.78, 5) is 22.7. The van der Waals surface area contributed by atoms with Gasteiger partial charge >= 0.3 is 6.03 Å². The van der Waals surface area contributed by atoms with Crippen molar-refractivity contribution in [2.75, 3.05) is 41.8 Å². The molecule has 2 amide bonds. The van der Waals surface area contributed by atoms with E-state index >= 15 is 0 Å². The summed E-state index contributed by atoms with van der Waals surface area (Å²) in [6.07, 6.45) is 4.15. The highest BCUT2D eigenvalue weighted by molar-refractivity contribution is 5.99. The molecule has 2 N–H and O–H groups in total. The topological polar surface area (TPSA) is 79.4 Å². The van der Waals surface area contributed by atoms with E-state index in [1.165, 1.54) is 5.56 Å². The van der Waals surface area contributed by atoms with E-state index in [9.17, 15) is 4.79 Å². The Kier molecular flexibility index (Phi) is 5.22. The first kappa shape index (κ1) is 16.2. The highest BCUT2D eigenvalue weighted by Crippen LogP contribution is 2.14. The van der Waals surface area contributed by atoms with Crippen LogP contribution in [-0.2, 0) is 11.2 Å². The molecule has 0 spiro atoms. The van der Waals surface area contributed by atoms with E-state index in [1.54, 1.807) is 12.4 Å². The van der Waals surface area contributed by atoms with Gasteiger partial charge in [0.25, 0.3) is 0 Å². The summed E-state index contributed by atoms with van der Waals surface area (Å²) in [5.41, 5.74) is 2.49. The molecule has 0 aliphatic carbocycles. The molecule has 2 aromatic rings. The molecule has 126 valence electrons. The first-order valence-electron chi connectivity index (χ1n) is 8.06. The van der Waals surface area contributed by atoms with E-state index in [0.717, 1.165) is 25.2 Å². The number of carbonyl (C=O) groups is 1. The largest absolute Gasteiger partial charge is 0.378 e. The lowest BCUT2D eigenvalue weighted by molar-refractivity contribution is 0.122. The highest BCUT2D eigenvalue weighted by atomic mass is 16.5. The van der Waals surface area contributed by atoms with Gasteiger partial charge in [-0.1, -0.05) is 19.1 Å². The Labute approximate surface area is 141 Å². The van der Waals surface area contributed by atoms with E-state index in [-0.39, 0.29) is 6.03 Å². The second-order valence-electron chi connectivity index (χ2n) is 5.50. The lowest BCUT2D eigenvalue weighted by atomic mass is 10.1. The SMILES string of the molecule is CCc1cccc(NC(=O)Nc2cnc(N3CCOCC3)nc2)c1. The number of ether oxygens (including phenoxy) is 1. The van der Waals surface area contributed by atoms with Crippen molar-refractivity contribution >= 4 is 23.4 Å².